The van der Waals surface area contributed by atoms with Gasteiger partial charge in [-0.1, -0.05) is 5.16 Å². The molecule has 4 rings (SSSR count). The van der Waals surface area contributed by atoms with Gasteiger partial charge in [0.15, 0.2) is 5.82 Å². The summed E-state index contributed by atoms with van der Waals surface area (Å²) < 4.78 is 12.9. The highest BCUT2D eigenvalue weighted by atomic mass is 16.5. The van der Waals surface area contributed by atoms with Crippen molar-refractivity contribution in [3.05, 3.63) is 35.7 Å². The standard InChI is InChI=1S/C17H22N4O3/c1-12-18-15(24-19-12)13-10-21(11-17(13)5-8-23-9-6-17)16(22)14-4-3-7-20(14)2/h3-4,7,13H,5-6,8-11H2,1-2H3. The van der Waals surface area contributed by atoms with Crippen molar-refractivity contribution in [2.75, 3.05) is 26.3 Å². The summed E-state index contributed by atoms with van der Waals surface area (Å²) in [6.07, 6.45) is 3.72. The Kier molecular flexibility index (Phi) is 3.68. The second kappa shape index (κ2) is 5.73. The molecule has 0 bridgehead atoms. The van der Waals surface area contributed by atoms with Crippen LogP contribution < -0.4 is 0 Å². The van der Waals surface area contributed by atoms with E-state index in [4.69, 9.17) is 9.26 Å². The Bertz CT molecular complexity index is 745. The lowest BCUT2D eigenvalue weighted by atomic mass is 9.72. The van der Waals surface area contributed by atoms with Gasteiger partial charge in [0.05, 0.1) is 5.92 Å². The van der Waals surface area contributed by atoms with Gasteiger partial charge in [0, 0.05) is 45.0 Å². The molecule has 1 spiro atoms. The average molecular weight is 330 g/mol. The van der Waals surface area contributed by atoms with E-state index in [0.717, 1.165) is 26.1 Å². The lowest BCUT2D eigenvalue weighted by Gasteiger charge is -2.36. The van der Waals surface area contributed by atoms with Gasteiger partial charge in [-0.25, -0.2) is 0 Å². The maximum atomic E-state index is 12.9. The summed E-state index contributed by atoms with van der Waals surface area (Å²) in [5.41, 5.74) is 0.678. The number of likely N-dealkylation sites (tertiary alicyclic amines) is 1. The summed E-state index contributed by atoms with van der Waals surface area (Å²) in [5.74, 6) is 1.43. The molecule has 7 nitrogen and oxygen atoms in total. The van der Waals surface area contributed by atoms with E-state index < -0.39 is 0 Å². The molecule has 0 saturated carbocycles. The van der Waals surface area contributed by atoms with Crippen molar-refractivity contribution in [3.8, 4) is 0 Å². The third-order valence-electron chi connectivity index (χ3n) is 5.43. The molecule has 2 aliphatic heterocycles. The summed E-state index contributed by atoms with van der Waals surface area (Å²) in [6.45, 7) is 4.59. The molecule has 0 aliphatic carbocycles. The van der Waals surface area contributed by atoms with Gasteiger partial charge >= 0.3 is 0 Å². The van der Waals surface area contributed by atoms with Crippen LogP contribution in [0.3, 0.4) is 0 Å². The molecular weight excluding hydrogens is 308 g/mol. The van der Waals surface area contributed by atoms with Crippen molar-refractivity contribution < 1.29 is 14.1 Å². The molecule has 0 N–H and O–H groups in total. The molecule has 7 heteroatoms. The van der Waals surface area contributed by atoms with Crippen LogP contribution in [0.5, 0.6) is 0 Å². The number of hydrogen-bond acceptors (Lipinski definition) is 5. The van der Waals surface area contributed by atoms with Gasteiger partial charge in [-0.05, 0) is 31.9 Å². The molecule has 0 aromatic carbocycles. The van der Waals surface area contributed by atoms with E-state index in [1.807, 2.05) is 41.8 Å². The highest BCUT2D eigenvalue weighted by molar-refractivity contribution is 5.93. The first-order valence-electron chi connectivity index (χ1n) is 8.38. The van der Waals surface area contributed by atoms with Crippen molar-refractivity contribution in [1.29, 1.82) is 0 Å². The molecule has 2 aromatic heterocycles. The van der Waals surface area contributed by atoms with Crippen LogP contribution in [0.1, 0.15) is 41.0 Å². The first-order chi connectivity index (χ1) is 11.6. The SMILES string of the molecule is Cc1noc(C2CN(C(=O)c3cccn3C)CC23CCOCC3)n1. The van der Waals surface area contributed by atoms with Gasteiger partial charge in [-0.3, -0.25) is 4.79 Å². The van der Waals surface area contributed by atoms with Crippen molar-refractivity contribution in [2.24, 2.45) is 12.5 Å². The predicted molar refractivity (Wildman–Crippen MR) is 85.6 cm³/mol. The Morgan fingerprint density at radius 3 is 2.79 bits per heavy atom. The van der Waals surface area contributed by atoms with Gasteiger partial charge in [0.25, 0.3) is 5.91 Å². The summed E-state index contributed by atoms with van der Waals surface area (Å²) >= 11 is 0. The van der Waals surface area contributed by atoms with E-state index in [1.54, 1.807) is 0 Å². The van der Waals surface area contributed by atoms with E-state index in [0.29, 0.717) is 30.5 Å². The number of aromatic nitrogens is 3. The zero-order valence-electron chi connectivity index (χ0n) is 14.1. The maximum absolute atomic E-state index is 12.9. The molecule has 2 aliphatic rings. The van der Waals surface area contributed by atoms with Gasteiger partial charge in [0.2, 0.25) is 5.89 Å². The second-order valence-electron chi connectivity index (χ2n) is 6.90. The molecule has 1 amide bonds. The van der Waals surface area contributed by atoms with Gasteiger partial charge in [0.1, 0.15) is 5.69 Å². The summed E-state index contributed by atoms with van der Waals surface area (Å²) in [7, 11) is 1.90. The Hall–Kier alpha value is -2.15. The van der Waals surface area contributed by atoms with Crippen LogP contribution in [0.15, 0.2) is 22.9 Å². The molecular formula is C17H22N4O3. The zero-order chi connectivity index (χ0) is 16.7. The van der Waals surface area contributed by atoms with Crippen LogP contribution in [0.4, 0.5) is 0 Å². The van der Waals surface area contributed by atoms with Crippen molar-refractivity contribution in [1.82, 2.24) is 19.6 Å². The van der Waals surface area contributed by atoms with Crippen LogP contribution in [-0.2, 0) is 11.8 Å². The molecule has 24 heavy (non-hydrogen) atoms. The number of rotatable bonds is 2. The van der Waals surface area contributed by atoms with Crippen LogP contribution in [0.25, 0.3) is 0 Å². The summed E-state index contributed by atoms with van der Waals surface area (Å²) in [4.78, 5) is 19.3. The molecule has 4 heterocycles. The topological polar surface area (TPSA) is 73.4 Å². The smallest absolute Gasteiger partial charge is 0.270 e. The normalized spacial score (nSPS) is 23.1. The number of carbonyl (C=O) groups is 1. The van der Waals surface area contributed by atoms with E-state index in [9.17, 15) is 4.79 Å². The van der Waals surface area contributed by atoms with Crippen molar-refractivity contribution >= 4 is 5.91 Å². The van der Waals surface area contributed by atoms with Gasteiger partial charge < -0.3 is 18.7 Å². The van der Waals surface area contributed by atoms with Gasteiger partial charge in [-0.2, -0.15) is 4.98 Å². The molecule has 2 saturated heterocycles. The quantitative estimate of drug-likeness (QED) is 0.839. The highest BCUT2D eigenvalue weighted by Crippen LogP contribution is 2.49. The number of ether oxygens (including phenoxy) is 1. The fraction of sp³-hybridized carbons (Fsp3) is 0.588. The fourth-order valence-corrected chi connectivity index (χ4v) is 4.05. The molecule has 128 valence electrons. The van der Waals surface area contributed by atoms with Crippen molar-refractivity contribution in [2.45, 2.75) is 25.7 Å². The van der Waals surface area contributed by atoms with Crippen LogP contribution in [-0.4, -0.2) is 51.8 Å². The van der Waals surface area contributed by atoms with E-state index >= 15 is 0 Å². The maximum Gasteiger partial charge on any atom is 0.270 e. The average Bonchev–Trinajstić information content (AvgIpc) is 3.27. The van der Waals surface area contributed by atoms with E-state index in [2.05, 4.69) is 10.1 Å². The van der Waals surface area contributed by atoms with Gasteiger partial charge in [-0.15, -0.1) is 0 Å². The minimum Gasteiger partial charge on any atom is -0.381 e. The predicted octanol–water partition coefficient (Wildman–Crippen LogP) is 1.75. The third-order valence-corrected chi connectivity index (χ3v) is 5.43. The van der Waals surface area contributed by atoms with Crippen LogP contribution in [0.2, 0.25) is 0 Å². The number of nitrogens with zero attached hydrogens (tertiary/aromatic N) is 4. The van der Waals surface area contributed by atoms with E-state index in [1.165, 1.54) is 0 Å². The Balaban J connectivity index is 1.65. The Labute approximate surface area is 140 Å². The third kappa shape index (κ3) is 2.43. The molecule has 2 aromatic rings. The molecule has 1 unspecified atom stereocenters. The number of carbonyl (C=O) groups excluding carboxylic acids is 1. The second-order valence-corrected chi connectivity index (χ2v) is 6.90. The first kappa shape index (κ1) is 15.4. The largest absolute Gasteiger partial charge is 0.381 e. The zero-order valence-corrected chi connectivity index (χ0v) is 14.1. The number of amides is 1. The fourth-order valence-electron chi connectivity index (χ4n) is 4.05. The Morgan fingerprint density at radius 1 is 1.38 bits per heavy atom. The molecule has 2 fully saturated rings. The minimum atomic E-state index is -0.0297. The number of hydrogen-bond donors (Lipinski definition) is 0. The molecule has 1 atom stereocenters. The minimum absolute atomic E-state index is 0.0297. The van der Waals surface area contributed by atoms with Crippen LogP contribution in [0, 0.1) is 12.3 Å². The van der Waals surface area contributed by atoms with Crippen molar-refractivity contribution in [3.63, 3.8) is 0 Å². The molecule has 0 radical (unpaired) electrons. The highest BCUT2D eigenvalue weighted by Gasteiger charge is 2.51. The monoisotopic (exact) mass is 330 g/mol. The number of aryl methyl sites for hydroxylation is 2. The summed E-state index contributed by atoms with van der Waals surface area (Å²) in [5, 5.41) is 3.95. The Morgan fingerprint density at radius 2 is 2.17 bits per heavy atom. The van der Waals surface area contributed by atoms with Crippen LogP contribution >= 0.6 is 0 Å². The lowest BCUT2D eigenvalue weighted by molar-refractivity contribution is 0.00831. The van der Waals surface area contributed by atoms with E-state index in [-0.39, 0.29) is 17.2 Å². The lowest BCUT2D eigenvalue weighted by Crippen LogP contribution is -2.37. The summed E-state index contributed by atoms with van der Waals surface area (Å²) in [6, 6.07) is 3.76. The first-order valence-corrected chi connectivity index (χ1v) is 8.38.